The number of aliphatic hydroxyl groups is 5. The van der Waals surface area contributed by atoms with Crippen molar-refractivity contribution in [3.63, 3.8) is 0 Å². The first-order valence-electron chi connectivity index (χ1n) is 17.5. The van der Waals surface area contributed by atoms with E-state index in [1.807, 2.05) is 0 Å². The molecule has 0 amide bonds. The van der Waals surface area contributed by atoms with Crippen LogP contribution in [0.5, 0.6) is 0 Å². The van der Waals surface area contributed by atoms with Crippen LogP contribution in [0.3, 0.4) is 0 Å². The van der Waals surface area contributed by atoms with Crippen LogP contribution in [0.4, 0.5) is 0 Å². The van der Waals surface area contributed by atoms with E-state index >= 15 is 0 Å². The van der Waals surface area contributed by atoms with Crippen LogP contribution in [-0.4, -0.2) is 92.5 Å². The molecule has 3 saturated heterocycles. The van der Waals surface area contributed by atoms with Crippen molar-refractivity contribution in [2.24, 2.45) is 50.7 Å². The topological polar surface area (TPSA) is 138 Å². The third kappa shape index (κ3) is 3.38. The fourth-order valence-electron chi connectivity index (χ4n) is 14.0. The zero-order valence-corrected chi connectivity index (χ0v) is 27.7. The second kappa shape index (κ2) is 9.00. The van der Waals surface area contributed by atoms with Gasteiger partial charge in [-0.1, -0.05) is 34.6 Å². The predicted molar refractivity (Wildman–Crippen MR) is 159 cm³/mol. The van der Waals surface area contributed by atoms with E-state index in [0.29, 0.717) is 17.8 Å². The highest BCUT2D eigenvalue weighted by molar-refractivity contribution is 5.34. The van der Waals surface area contributed by atoms with E-state index in [-0.39, 0.29) is 51.8 Å². The average molecular weight is 621 g/mol. The van der Waals surface area contributed by atoms with Crippen LogP contribution in [0.1, 0.15) is 99.8 Å². The Morgan fingerprint density at radius 1 is 0.841 bits per heavy atom. The molecular weight excluding hydrogens is 564 g/mol. The van der Waals surface area contributed by atoms with Gasteiger partial charge >= 0.3 is 0 Å². The van der Waals surface area contributed by atoms with E-state index in [4.69, 9.17) is 18.9 Å². The van der Waals surface area contributed by atoms with Crippen LogP contribution in [0, 0.1) is 50.7 Å². The highest BCUT2D eigenvalue weighted by Crippen LogP contribution is 2.90. The summed E-state index contributed by atoms with van der Waals surface area (Å²) in [5, 5.41) is 54.5. The number of hydrogen-bond acceptors (Lipinski definition) is 9. The lowest BCUT2D eigenvalue weighted by atomic mass is 9.41. The van der Waals surface area contributed by atoms with Crippen molar-refractivity contribution >= 4 is 0 Å². The Morgan fingerprint density at radius 2 is 1.52 bits per heavy atom. The minimum absolute atomic E-state index is 0.0559. The lowest BCUT2D eigenvalue weighted by Gasteiger charge is -2.63. The third-order valence-corrected chi connectivity index (χ3v) is 15.9. The largest absolute Gasteiger partial charge is 0.388 e. The molecule has 8 fully saturated rings. The maximum Gasteiger partial charge on any atom is 0.199 e. The van der Waals surface area contributed by atoms with Gasteiger partial charge in [-0.15, -0.1) is 0 Å². The van der Waals surface area contributed by atoms with E-state index in [9.17, 15) is 25.5 Å². The molecule has 5 saturated carbocycles. The lowest BCUT2D eigenvalue weighted by molar-refractivity contribution is -0.303. The normalized spacial score (nSPS) is 62.2. The van der Waals surface area contributed by atoms with Crippen LogP contribution in [0.15, 0.2) is 0 Å². The second-order valence-electron chi connectivity index (χ2n) is 18.3. The molecule has 9 heteroatoms. The van der Waals surface area contributed by atoms with Gasteiger partial charge < -0.3 is 44.5 Å². The summed E-state index contributed by atoms with van der Waals surface area (Å²) >= 11 is 0. The number of fused-ring (bicyclic) bond motifs is 4. The van der Waals surface area contributed by atoms with E-state index in [2.05, 4.69) is 34.6 Å². The summed E-state index contributed by atoms with van der Waals surface area (Å²) in [4.78, 5) is 0. The minimum atomic E-state index is -1.28. The monoisotopic (exact) mass is 620 g/mol. The molecule has 0 aromatic heterocycles. The quantitative estimate of drug-likeness (QED) is 0.301. The van der Waals surface area contributed by atoms with Gasteiger partial charge in [-0.3, -0.25) is 0 Å². The molecule has 5 N–H and O–H groups in total. The van der Waals surface area contributed by atoms with Crippen molar-refractivity contribution in [3.05, 3.63) is 0 Å². The van der Waals surface area contributed by atoms with Crippen LogP contribution in [0.25, 0.3) is 0 Å². The molecule has 0 radical (unpaired) electrons. The summed E-state index contributed by atoms with van der Waals surface area (Å²) < 4.78 is 25.8. The first-order valence-corrected chi connectivity index (χ1v) is 17.5. The van der Waals surface area contributed by atoms with Crippen LogP contribution in [-0.2, 0) is 18.9 Å². The van der Waals surface area contributed by atoms with E-state index in [1.165, 1.54) is 6.42 Å². The second-order valence-corrected chi connectivity index (χ2v) is 18.3. The van der Waals surface area contributed by atoms with Crippen molar-refractivity contribution in [3.8, 4) is 0 Å². The molecule has 3 aliphatic heterocycles. The van der Waals surface area contributed by atoms with Gasteiger partial charge in [0.05, 0.1) is 24.4 Å². The summed E-state index contributed by atoms with van der Waals surface area (Å²) in [5.74, 6) is 0.108. The van der Waals surface area contributed by atoms with Gasteiger partial charge in [0.25, 0.3) is 0 Å². The lowest BCUT2D eigenvalue weighted by Crippen LogP contribution is -2.61. The standard InChI is InChI=1S/C35H56O9/c1-17-14-19-26(30(4,5)40)44-35(43-19)25(17)31(6)12-13-34-16-33(34)11-10-22(42-27-24(38)23(37)18(36)15-41-27)29(2,3)20(33)8-9-21(34)32(31,7)28(35)39/h17-28,36-40H,8-16H2,1-7H3/t17-,18-,19+,20+,21+,22+,23+,24-,25-,26+,27+,28-,31-,32-,33-,34+,35+/m1/s1. The van der Waals surface area contributed by atoms with E-state index in [0.717, 1.165) is 44.9 Å². The Balaban J connectivity index is 1.10. The molecule has 250 valence electrons. The van der Waals surface area contributed by atoms with Gasteiger partial charge in [0.1, 0.15) is 30.5 Å². The number of ether oxygens (including phenoxy) is 4. The highest BCUT2D eigenvalue weighted by atomic mass is 16.8. The van der Waals surface area contributed by atoms with Gasteiger partial charge in [0, 0.05) is 11.3 Å². The summed E-state index contributed by atoms with van der Waals surface area (Å²) in [5.41, 5.74) is -1.39. The third-order valence-electron chi connectivity index (χ3n) is 15.9. The van der Waals surface area contributed by atoms with Crippen molar-refractivity contribution in [2.45, 2.75) is 160 Å². The van der Waals surface area contributed by atoms with Crippen LogP contribution < -0.4 is 0 Å². The molecular formula is C35H56O9. The zero-order valence-electron chi connectivity index (χ0n) is 27.7. The molecule has 44 heavy (non-hydrogen) atoms. The molecule has 17 atom stereocenters. The number of aliphatic hydroxyl groups excluding tert-OH is 4. The zero-order chi connectivity index (χ0) is 31.6. The van der Waals surface area contributed by atoms with Crippen molar-refractivity contribution < 1.29 is 44.5 Å². The molecule has 0 unspecified atom stereocenters. The van der Waals surface area contributed by atoms with Crippen LogP contribution >= 0.6 is 0 Å². The fourth-order valence-corrected chi connectivity index (χ4v) is 14.0. The Hall–Kier alpha value is -0.360. The Labute approximate surface area is 262 Å². The number of rotatable bonds is 3. The fraction of sp³-hybridized carbons (Fsp3) is 1.00. The molecule has 9 nitrogen and oxygen atoms in total. The Bertz CT molecular complexity index is 1200. The molecule has 8 rings (SSSR count). The SMILES string of the molecule is C[C@@H]1C[C@@H]2O[C@@]3(O[C@@H]2C(C)(C)O)[C@H](O)[C@@]2(C)[C@@H]4CC[C@H]5C(C)(C)[C@@H](O[C@@H]6OC[C@@H](O)[C@H](O)[C@H]6O)CC[C@@]56C[C@@]46CC[C@]2(C)[C@@H]13. The van der Waals surface area contributed by atoms with Crippen molar-refractivity contribution in [1.29, 1.82) is 0 Å². The maximum absolute atomic E-state index is 12.7. The summed E-state index contributed by atoms with van der Waals surface area (Å²) in [6.07, 6.45) is 2.00. The van der Waals surface area contributed by atoms with Gasteiger partial charge in [0.2, 0.25) is 0 Å². The predicted octanol–water partition coefficient (Wildman–Crippen LogP) is 3.12. The van der Waals surface area contributed by atoms with Crippen molar-refractivity contribution in [2.75, 3.05) is 6.61 Å². The molecule has 3 spiro atoms. The molecule has 8 aliphatic rings. The molecule has 0 aromatic carbocycles. The molecule has 0 aromatic rings. The van der Waals surface area contributed by atoms with Crippen LogP contribution in [0.2, 0.25) is 0 Å². The summed E-state index contributed by atoms with van der Waals surface area (Å²) in [6.45, 7) is 15.2. The van der Waals surface area contributed by atoms with Crippen molar-refractivity contribution in [1.82, 2.24) is 0 Å². The first kappa shape index (κ1) is 30.9. The highest BCUT2D eigenvalue weighted by Gasteiger charge is 2.88. The van der Waals surface area contributed by atoms with Gasteiger partial charge in [-0.2, -0.15) is 0 Å². The smallest absolute Gasteiger partial charge is 0.199 e. The Kier molecular flexibility index (Phi) is 6.33. The maximum atomic E-state index is 12.7. The summed E-state index contributed by atoms with van der Waals surface area (Å²) in [6, 6.07) is 0. The molecule has 2 bridgehead atoms. The minimum Gasteiger partial charge on any atom is -0.388 e. The van der Waals surface area contributed by atoms with Gasteiger partial charge in [-0.05, 0) is 105 Å². The Morgan fingerprint density at radius 3 is 2.23 bits per heavy atom. The average Bonchev–Trinajstić information content (AvgIpc) is 3.45. The van der Waals surface area contributed by atoms with Gasteiger partial charge in [-0.25, -0.2) is 0 Å². The number of hydrogen-bond donors (Lipinski definition) is 5. The van der Waals surface area contributed by atoms with Gasteiger partial charge in [0.15, 0.2) is 12.1 Å². The first-order chi connectivity index (χ1) is 20.4. The molecule has 3 heterocycles. The summed E-state index contributed by atoms with van der Waals surface area (Å²) in [7, 11) is 0. The molecule has 5 aliphatic carbocycles. The van der Waals surface area contributed by atoms with E-state index < -0.39 is 48.2 Å². The van der Waals surface area contributed by atoms with E-state index in [1.54, 1.807) is 13.8 Å².